The van der Waals surface area contributed by atoms with E-state index in [0.717, 1.165) is 27.6 Å². The summed E-state index contributed by atoms with van der Waals surface area (Å²) in [4.78, 5) is 15.1. The molecule has 236 valence electrons. The van der Waals surface area contributed by atoms with E-state index in [1.165, 1.54) is 64.1 Å². The zero-order chi connectivity index (χ0) is 33.5. The van der Waals surface area contributed by atoms with Crippen molar-refractivity contribution in [2.24, 2.45) is 0 Å². The fourth-order valence-corrected chi connectivity index (χ4v) is 9.01. The highest BCUT2D eigenvalue weighted by Crippen LogP contribution is 2.51. The molecule has 0 N–H and O–H groups in total. The molecule has 0 saturated heterocycles. The van der Waals surface area contributed by atoms with Crippen molar-refractivity contribution < 1.29 is 0 Å². The number of nitrogens with zero attached hydrogens (tertiary/aromatic N) is 3. The van der Waals surface area contributed by atoms with Gasteiger partial charge in [0.2, 0.25) is 0 Å². The maximum absolute atomic E-state index is 5.10. The van der Waals surface area contributed by atoms with E-state index in [9.17, 15) is 0 Å². The van der Waals surface area contributed by atoms with E-state index < -0.39 is 0 Å². The Kier molecular flexibility index (Phi) is 6.12. The monoisotopic (exact) mass is 665 g/mol. The molecule has 4 heteroatoms. The maximum atomic E-state index is 5.10. The van der Waals surface area contributed by atoms with Crippen LogP contribution >= 0.6 is 11.3 Å². The van der Waals surface area contributed by atoms with Crippen molar-refractivity contribution in [1.29, 1.82) is 0 Å². The molecule has 0 atom stereocenters. The smallest absolute Gasteiger partial charge is 0.164 e. The van der Waals surface area contributed by atoms with Crippen LogP contribution < -0.4 is 0 Å². The summed E-state index contributed by atoms with van der Waals surface area (Å²) in [5.74, 6) is 1.97. The summed E-state index contributed by atoms with van der Waals surface area (Å²) in [6.45, 7) is 0. The topological polar surface area (TPSA) is 38.7 Å². The number of rotatable bonds is 4. The summed E-state index contributed by atoms with van der Waals surface area (Å²) in [5.41, 5.74) is 10.5. The van der Waals surface area contributed by atoms with E-state index >= 15 is 0 Å². The largest absolute Gasteiger partial charge is 0.208 e. The quantitative estimate of drug-likeness (QED) is 0.188. The van der Waals surface area contributed by atoms with Gasteiger partial charge in [-0.2, -0.15) is 0 Å². The summed E-state index contributed by atoms with van der Waals surface area (Å²) < 4.78 is 2.59. The minimum absolute atomic E-state index is 0.653. The summed E-state index contributed by atoms with van der Waals surface area (Å²) in [6, 6.07) is 58.5. The van der Waals surface area contributed by atoms with Gasteiger partial charge < -0.3 is 0 Å². The minimum Gasteiger partial charge on any atom is -0.208 e. The first-order chi connectivity index (χ1) is 25.2. The summed E-state index contributed by atoms with van der Waals surface area (Å²) in [7, 11) is 0. The number of thiophene rings is 1. The van der Waals surface area contributed by atoms with E-state index in [-0.39, 0.29) is 0 Å². The van der Waals surface area contributed by atoms with Crippen LogP contribution in [0.1, 0.15) is 0 Å². The average Bonchev–Trinajstić information content (AvgIpc) is 3.73. The van der Waals surface area contributed by atoms with Crippen molar-refractivity contribution in [3.8, 4) is 67.5 Å². The fraction of sp³-hybridized carbons (Fsp3) is 0. The molecule has 11 rings (SSSR count). The number of hydrogen-bond donors (Lipinski definition) is 0. The summed E-state index contributed by atoms with van der Waals surface area (Å²) in [5, 5.41) is 7.59. The predicted octanol–water partition coefficient (Wildman–Crippen LogP) is 12.9. The van der Waals surface area contributed by atoms with Gasteiger partial charge in [-0.1, -0.05) is 133 Å². The van der Waals surface area contributed by atoms with Gasteiger partial charge in [-0.3, -0.25) is 0 Å². The Morgan fingerprint density at radius 1 is 0.314 bits per heavy atom. The third-order valence-corrected chi connectivity index (χ3v) is 11.3. The highest BCUT2D eigenvalue weighted by Gasteiger charge is 2.23. The maximum Gasteiger partial charge on any atom is 0.164 e. The third kappa shape index (κ3) is 4.47. The molecule has 2 aromatic heterocycles. The zero-order valence-corrected chi connectivity index (χ0v) is 28.2. The second-order valence-corrected chi connectivity index (χ2v) is 14.3. The van der Waals surface area contributed by atoms with Gasteiger partial charge in [0.05, 0.1) is 0 Å². The minimum atomic E-state index is 0.653. The van der Waals surface area contributed by atoms with Crippen molar-refractivity contribution in [2.45, 2.75) is 0 Å². The van der Waals surface area contributed by atoms with Crippen LogP contribution in [-0.2, 0) is 0 Å². The second-order valence-electron chi connectivity index (χ2n) is 13.2. The van der Waals surface area contributed by atoms with Gasteiger partial charge in [-0.05, 0) is 85.3 Å². The lowest BCUT2D eigenvalue weighted by Gasteiger charge is -2.11. The van der Waals surface area contributed by atoms with Crippen LogP contribution in [0, 0.1) is 0 Å². The van der Waals surface area contributed by atoms with E-state index in [4.69, 9.17) is 15.0 Å². The molecule has 0 unspecified atom stereocenters. The van der Waals surface area contributed by atoms with E-state index in [0.29, 0.717) is 17.5 Å². The molecule has 0 amide bonds. The Labute approximate surface area is 298 Å². The van der Waals surface area contributed by atoms with Crippen molar-refractivity contribution in [3.05, 3.63) is 164 Å². The van der Waals surface area contributed by atoms with E-state index in [1.54, 1.807) is 0 Å². The molecule has 1 aliphatic carbocycles. The van der Waals surface area contributed by atoms with Gasteiger partial charge in [0.1, 0.15) is 0 Å². The molecule has 2 heterocycles. The molecule has 51 heavy (non-hydrogen) atoms. The molecule has 0 saturated carbocycles. The molecular formula is C47H27N3S. The van der Waals surface area contributed by atoms with Gasteiger partial charge in [-0.25, -0.2) is 15.0 Å². The first kappa shape index (κ1) is 28.4. The number of aromatic nitrogens is 3. The summed E-state index contributed by atoms with van der Waals surface area (Å²) in [6.07, 6.45) is 0. The van der Waals surface area contributed by atoms with Crippen LogP contribution in [0.15, 0.2) is 164 Å². The lowest BCUT2D eigenvalue weighted by molar-refractivity contribution is 1.07. The highest BCUT2D eigenvalue weighted by atomic mass is 32.1. The molecule has 0 fully saturated rings. The predicted molar refractivity (Wildman–Crippen MR) is 214 cm³/mol. The molecule has 0 radical (unpaired) electrons. The zero-order valence-electron chi connectivity index (χ0n) is 27.3. The lowest BCUT2D eigenvalue weighted by Crippen LogP contribution is -2.00. The van der Waals surface area contributed by atoms with Gasteiger partial charge in [0, 0.05) is 36.9 Å². The fourth-order valence-electron chi connectivity index (χ4n) is 7.85. The SMILES string of the molecule is c1ccc(-c2nc(-c3cccc(-c4cccc5sc6cc7c(cc6c45)-c4cccc5cccc-7c45)c3)nc(-c3ccc4ccccc4c3)n2)cc1. The van der Waals surface area contributed by atoms with Crippen molar-refractivity contribution in [2.75, 3.05) is 0 Å². The Morgan fingerprint density at radius 2 is 0.902 bits per heavy atom. The van der Waals surface area contributed by atoms with Gasteiger partial charge in [0.15, 0.2) is 17.5 Å². The first-order valence-corrected chi connectivity index (χ1v) is 18.0. The molecule has 0 spiro atoms. The van der Waals surface area contributed by atoms with Crippen molar-refractivity contribution >= 4 is 53.1 Å². The molecule has 0 bridgehead atoms. The molecule has 10 aromatic rings. The van der Waals surface area contributed by atoms with Crippen LogP contribution in [0.3, 0.4) is 0 Å². The highest BCUT2D eigenvalue weighted by molar-refractivity contribution is 7.26. The average molecular weight is 666 g/mol. The molecular weight excluding hydrogens is 639 g/mol. The molecule has 8 aromatic carbocycles. The van der Waals surface area contributed by atoms with E-state index in [1.807, 2.05) is 29.5 Å². The van der Waals surface area contributed by atoms with Crippen LogP contribution in [0.5, 0.6) is 0 Å². The van der Waals surface area contributed by atoms with Crippen molar-refractivity contribution in [1.82, 2.24) is 15.0 Å². The summed E-state index contributed by atoms with van der Waals surface area (Å²) >= 11 is 1.87. The van der Waals surface area contributed by atoms with Crippen LogP contribution in [0.4, 0.5) is 0 Å². The Morgan fingerprint density at radius 3 is 1.71 bits per heavy atom. The third-order valence-electron chi connectivity index (χ3n) is 10.2. The Hall–Kier alpha value is -6.49. The molecule has 3 nitrogen and oxygen atoms in total. The van der Waals surface area contributed by atoms with Crippen LogP contribution in [0.25, 0.3) is 109 Å². The second kappa shape index (κ2) is 11.0. The molecule has 0 aliphatic heterocycles. The van der Waals surface area contributed by atoms with Gasteiger partial charge in [0.25, 0.3) is 0 Å². The van der Waals surface area contributed by atoms with Gasteiger partial charge >= 0.3 is 0 Å². The Balaban J connectivity index is 1.08. The molecule has 1 aliphatic rings. The first-order valence-electron chi connectivity index (χ1n) is 17.2. The van der Waals surface area contributed by atoms with Crippen molar-refractivity contribution in [3.63, 3.8) is 0 Å². The van der Waals surface area contributed by atoms with Gasteiger partial charge in [-0.15, -0.1) is 11.3 Å². The lowest BCUT2D eigenvalue weighted by atomic mass is 9.95. The number of hydrogen-bond acceptors (Lipinski definition) is 4. The van der Waals surface area contributed by atoms with E-state index in [2.05, 4.69) is 146 Å². The number of fused-ring (bicyclic) bond motifs is 7. The van der Waals surface area contributed by atoms with Crippen LogP contribution in [-0.4, -0.2) is 15.0 Å². The standard InChI is InChI=1S/C47H27N3S/c1-2-11-30(12-3-1)45-48-46(50-47(49-45)34-23-22-28-10-4-5-13-31(28)24-34)33-17-6-16-32(25-33)35-18-9-21-41-44(35)40-26-38-36-19-7-14-29-15-8-20-37(43(29)36)39(38)27-42(40)51-41/h1-27H. The number of benzene rings is 8. The normalized spacial score (nSPS) is 11.9. The van der Waals surface area contributed by atoms with Crippen LogP contribution in [0.2, 0.25) is 0 Å². The Bertz CT molecular complexity index is 3030.